The van der Waals surface area contributed by atoms with Crippen LogP contribution in [0.4, 0.5) is 4.39 Å². The van der Waals surface area contributed by atoms with Gasteiger partial charge in [0, 0.05) is 6.07 Å². The monoisotopic (exact) mass is 460 g/mol. The minimum Gasteiger partial charge on any atom is -0.491 e. The van der Waals surface area contributed by atoms with E-state index in [0.717, 1.165) is 32.1 Å². The van der Waals surface area contributed by atoms with E-state index in [1.165, 1.54) is 28.8 Å². The third-order valence-corrected chi connectivity index (χ3v) is 6.84. The number of carbonyl (C=O) groups excluding carboxylic acids is 1. The number of carbonyl (C=O) groups is 1. The average molecular weight is 461 g/mol. The summed E-state index contributed by atoms with van der Waals surface area (Å²) in [6.07, 6.45) is 4.51. The van der Waals surface area contributed by atoms with Crippen molar-refractivity contribution < 1.29 is 18.7 Å². The molecule has 34 heavy (non-hydrogen) atoms. The van der Waals surface area contributed by atoms with E-state index in [-0.39, 0.29) is 23.4 Å². The Morgan fingerprint density at radius 3 is 2.32 bits per heavy atom. The molecule has 1 atom stereocenters. The van der Waals surface area contributed by atoms with E-state index in [4.69, 9.17) is 9.47 Å². The highest BCUT2D eigenvalue weighted by atomic mass is 19.1. The molecule has 1 aliphatic carbocycles. The Labute approximate surface area is 201 Å². The number of rotatable bonds is 8. The Balaban J connectivity index is 1.28. The highest BCUT2D eigenvalue weighted by Gasteiger charge is 2.28. The summed E-state index contributed by atoms with van der Waals surface area (Å²) in [6.45, 7) is 4.45. The van der Waals surface area contributed by atoms with E-state index in [2.05, 4.69) is 61.5 Å². The quantitative estimate of drug-likeness (QED) is 0.259. The molecule has 0 amide bonds. The third kappa shape index (κ3) is 6.05. The van der Waals surface area contributed by atoms with E-state index < -0.39 is 5.82 Å². The molecular weight excluding hydrogens is 427 g/mol. The van der Waals surface area contributed by atoms with Crippen LogP contribution in [0.3, 0.4) is 0 Å². The van der Waals surface area contributed by atoms with Crippen molar-refractivity contribution in [3.63, 3.8) is 0 Å². The van der Waals surface area contributed by atoms with E-state index in [9.17, 15) is 9.18 Å². The molecule has 0 aromatic heterocycles. The highest BCUT2D eigenvalue weighted by Crippen LogP contribution is 2.37. The fourth-order valence-corrected chi connectivity index (χ4v) is 4.86. The smallest absolute Gasteiger partial charge is 0.314 e. The maximum Gasteiger partial charge on any atom is 0.314 e. The van der Waals surface area contributed by atoms with Gasteiger partial charge in [0.2, 0.25) is 0 Å². The molecule has 0 saturated heterocycles. The van der Waals surface area contributed by atoms with Crippen LogP contribution in [0.5, 0.6) is 11.5 Å². The van der Waals surface area contributed by atoms with Crippen LogP contribution in [0.25, 0.3) is 0 Å². The topological polar surface area (TPSA) is 35.5 Å². The Morgan fingerprint density at radius 2 is 1.68 bits per heavy atom. The number of ether oxygens (including phenoxy) is 2. The van der Waals surface area contributed by atoms with Gasteiger partial charge in [0.15, 0.2) is 11.6 Å². The standard InChI is InChI=1S/C30H33FO3/c1-3-33-29-18-17-27(20-28(29)31)34-30(32)26-15-13-25(14-16-26)24-11-9-22(10-12-24)19-21(2)23-7-5-4-6-8-23/h4-12,17-18,20-21,25-26H,3,13-16,19H2,1-2H3/t21-,25?,26?/m0/s1. The highest BCUT2D eigenvalue weighted by molar-refractivity contribution is 5.75. The minimum atomic E-state index is -0.516. The summed E-state index contributed by atoms with van der Waals surface area (Å²) in [6, 6.07) is 23.9. The third-order valence-electron chi connectivity index (χ3n) is 6.84. The van der Waals surface area contributed by atoms with E-state index in [1.807, 2.05) is 0 Å². The second kappa shape index (κ2) is 11.3. The maximum atomic E-state index is 14.0. The van der Waals surface area contributed by atoms with Gasteiger partial charge in [0.05, 0.1) is 12.5 Å². The molecule has 4 heteroatoms. The lowest BCUT2D eigenvalue weighted by atomic mass is 9.78. The van der Waals surface area contributed by atoms with E-state index in [1.54, 1.807) is 13.0 Å². The fourth-order valence-electron chi connectivity index (χ4n) is 4.86. The Bertz CT molecular complexity index is 1070. The Morgan fingerprint density at radius 1 is 0.971 bits per heavy atom. The van der Waals surface area contributed by atoms with Gasteiger partial charge < -0.3 is 9.47 Å². The molecule has 0 aliphatic heterocycles. The summed E-state index contributed by atoms with van der Waals surface area (Å²) in [4.78, 5) is 12.6. The van der Waals surface area contributed by atoms with Crippen LogP contribution in [0.1, 0.15) is 68.1 Å². The first-order valence-corrected chi connectivity index (χ1v) is 12.3. The summed E-state index contributed by atoms with van der Waals surface area (Å²) >= 11 is 0. The molecule has 3 aromatic rings. The zero-order chi connectivity index (χ0) is 23.9. The van der Waals surface area contributed by atoms with Gasteiger partial charge in [-0.05, 0) is 79.7 Å². The van der Waals surface area contributed by atoms with Gasteiger partial charge in [-0.25, -0.2) is 4.39 Å². The molecule has 178 valence electrons. The molecule has 0 unspecified atom stereocenters. The molecule has 0 N–H and O–H groups in total. The van der Waals surface area contributed by atoms with Gasteiger partial charge >= 0.3 is 5.97 Å². The summed E-state index contributed by atoms with van der Waals surface area (Å²) in [5, 5.41) is 0. The first-order valence-electron chi connectivity index (χ1n) is 12.3. The van der Waals surface area contributed by atoms with Crippen LogP contribution in [0.2, 0.25) is 0 Å². The lowest BCUT2D eigenvalue weighted by molar-refractivity contribution is -0.140. The van der Waals surface area contributed by atoms with Crippen LogP contribution in [-0.4, -0.2) is 12.6 Å². The van der Waals surface area contributed by atoms with Crippen molar-refractivity contribution in [3.8, 4) is 11.5 Å². The normalized spacial score (nSPS) is 18.8. The van der Waals surface area contributed by atoms with Crippen molar-refractivity contribution in [2.75, 3.05) is 6.61 Å². The van der Waals surface area contributed by atoms with E-state index >= 15 is 0 Å². The van der Waals surface area contributed by atoms with Gasteiger partial charge in [-0.15, -0.1) is 0 Å². The van der Waals surface area contributed by atoms with Crippen molar-refractivity contribution in [1.82, 2.24) is 0 Å². The lowest BCUT2D eigenvalue weighted by Crippen LogP contribution is -2.25. The van der Waals surface area contributed by atoms with Crippen LogP contribution in [0.15, 0.2) is 72.8 Å². The number of benzene rings is 3. The second-order valence-corrected chi connectivity index (χ2v) is 9.25. The number of halogens is 1. The van der Waals surface area contributed by atoms with E-state index in [0.29, 0.717) is 18.4 Å². The predicted molar refractivity (Wildman–Crippen MR) is 133 cm³/mol. The van der Waals surface area contributed by atoms with Crippen LogP contribution in [0, 0.1) is 11.7 Å². The van der Waals surface area contributed by atoms with Gasteiger partial charge in [0.1, 0.15) is 5.75 Å². The van der Waals surface area contributed by atoms with Gasteiger partial charge in [0.25, 0.3) is 0 Å². The zero-order valence-corrected chi connectivity index (χ0v) is 20.0. The molecule has 1 aliphatic rings. The minimum absolute atomic E-state index is 0.142. The van der Waals surface area contributed by atoms with Gasteiger partial charge in [-0.2, -0.15) is 0 Å². The Kier molecular flexibility index (Phi) is 7.99. The van der Waals surface area contributed by atoms with Crippen LogP contribution in [-0.2, 0) is 11.2 Å². The van der Waals surface area contributed by atoms with Crippen LogP contribution < -0.4 is 9.47 Å². The predicted octanol–water partition coefficient (Wildman–Crippen LogP) is 7.45. The molecule has 3 nitrogen and oxygen atoms in total. The zero-order valence-electron chi connectivity index (χ0n) is 20.0. The molecule has 3 aromatic carbocycles. The number of hydrogen-bond acceptors (Lipinski definition) is 3. The molecule has 0 bridgehead atoms. The second-order valence-electron chi connectivity index (χ2n) is 9.25. The summed E-state index contributed by atoms with van der Waals surface area (Å²) in [5.41, 5.74) is 4.06. The Hall–Kier alpha value is -3.14. The van der Waals surface area contributed by atoms with Crippen molar-refractivity contribution >= 4 is 5.97 Å². The van der Waals surface area contributed by atoms with Gasteiger partial charge in [-0.3, -0.25) is 4.79 Å². The largest absolute Gasteiger partial charge is 0.491 e. The fraction of sp³-hybridized carbons (Fsp3) is 0.367. The number of esters is 1. The summed E-state index contributed by atoms with van der Waals surface area (Å²) in [5.74, 6) is 0.420. The van der Waals surface area contributed by atoms with Crippen LogP contribution >= 0.6 is 0 Å². The van der Waals surface area contributed by atoms with Crippen molar-refractivity contribution in [2.24, 2.45) is 5.92 Å². The molecular formula is C30H33FO3. The molecule has 0 radical (unpaired) electrons. The molecule has 4 rings (SSSR count). The molecule has 0 spiro atoms. The maximum absolute atomic E-state index is 14.0. The molecule has 1 fully saturated rings. The van der Waals surface area contributed by atoms with Gasteiger partial charge in [-0.1, -0.05) is 61.5 Å². The average Bonchev–Trinajstić information content (AvgIpc) is 2.87. The van der Waals surface area contributed by atoms with Crippen molar-refractivity contribution in [2.45, 2.75) is 57.8 Å². The summed E-state index contributed by atoms with van der Waals surface area (Å²) < 4.78 is 24.7. The van der Waals surface area contributed by atoms with Crippen molar-refractivity contribution in [1.29, 1.82) is 0 Å². The number of hydrogen-bond donors (Lipinski definition) is 0. The molecule has 1 saturated carbocycles. The van der Waals surface area contributed by atoms with Crippen molar-refractivity contribution in [3.05, 3.63) is 95.3 Å². The lowest BCUT2D eigenvalue weighted by Gasteiger charge is -2.27. The first kappa shape index (κ1) is 24.0. The summed E-state index contributed by atoms with van der Waals surface area (Å²) in [7, 11) is 0. The molecule has 0 heterocycles. The first-order chi connectivity index (χ1) is 16.5. The SMILES string of the molecule is CCOc1ccc(OC(=O)C2CCC(c3ccc(C[C@H](C)c4ccccc4)cc3)CC2)cc1F.